The van der Waals surface area contributed by atoms with Gasteiger partial charge in [-0.15, -0.1) is 0 Å². The Morgan fingerprint density at radius 2 is 1.89 bits per heavy atom. The number of aryl methyl sites for hydroxylation is 2. The van der Waals surface area contributed by atoms with Crippen molar-refractivity contribution in [1.82, 2.24) is 4.72 Å². The molecule has 106 valence electrons. The first-order chi connectivity index (χ1) is 8.70. The van der Waals surface area contributed by atoms with Crippen LogP contribution in [0.15, 0.2) is 23.1 Å². The Kier molecular flexibility index (Phi) is 3.72. The van der Waals surface area contributed by atoms with Gasteiger partial charge in [0.05, 0.1) is 16.4 Å². The van der Waals surface area contributed by atoms with Crippen molar-refractivity contribution in [2.75, 3.05) is 11.5 Å². The molecule has 0 radical (unpaired) electrons. The smallest absolute Gasteiger partial charge is 0.229 e. The van der Waals surface area contributed by atoms with Crippen molar-refractivity contribution in [3.63, 3.8) is 0 Å². The lowest BCUT2D eigenvalue weighted by molar-refractivity contribution is 0.562. The summed E-state index contributed by atoms with van der Waals surface area (Å²) >= 11 is 0. The van der Waals surface area contributed by atoms with Gasteiger partial charge in [0.25, 0.3) is 0 Å². The Balaban J connectivity index is 2.21. The molecule has 0 bridgehead atoms. The van der Waals surface area contributed by atoms with Gasteiger partial charge in [-0.25, -0.2) is 21.6 Å². The summed E-state index contributed by atoms with van der Waals surface area (Å²) in [4.78, 5) is 0.180. The molecule has 0 unspecified atom stereocenters. The highest BCUT2D eigenvalue weighted by molar-refractivity contribution is 7.92. The molecule has 1 aromatic carbocycles. The highest BCUT2D eigenvalue weighted by Gasteiger charge is 2.31. The average molecular weight is 303 g/mol. The quantitative estimate of drug-likeness (QED) is 0.894. The lowest BCUT2D eigenvalue weighted by Crippen LogP contribution is -2.35. The molecule has 1 heterocycles. The molecule has 1 N–H and O–H groups in total. The van der Waals surface area contributed by atoms with Crippen LogP contribution in [0.3, 0.4) is 0 Å². The number of benzene rings is 1. The predicted octanol–water partition coefficient (Wildman–Crippen LogP) is 0.769. The zero-order valence-corrected chi connectivity index (χ0v) is 12.5. The summed E-state index contributed by atoms with van der Waals surface area (Å²) in [5.74, 6) is -0.0653. The van der Waals surface area contributed by atoms with Crippen molar-refractivity contribution in [3.8, 4) is 0 Å². The number of hydrogen-bond donors (Lipinski definition) is 1. The van der Waals surface area contributed by atoms with Crippen LogP contribution in [0.25, 0.3) is 0 Å². The zero-order chi connectivity index (χ0) is 14.3. The number of nitrogens with one attached hydrogen (secondary N) is 1. The summed E-state index contributed by atoms with van der Waals surface area (Å²) in [7, 11) is -6.74. The topological polar surface area (TPSA) is 80.3 Å². The maximum absolute atomic E-state index is 12.2. The van der Waals surface area contributed by atoms with E-state index in [-0.39, 0.29) is 16.4 Å². The van der Waals surface area contributed by atoms with Gasteiger partial charge in [-0.1, -0.05) is 6.07 Å². The van der Waals surface area contributed by atoms with Gasteiger partial charge in [0.15, 0.2) is 9.84 Å². The van der Waals surface area contributed by atoms with Gasteiger partial charge in [-0.05, 0) is 43.5 Å². The van der Waals surface area contributed by atoms with Gasteiger partial charge < -0.3 is 0 Å². The van der Waals surface area contributed by atoms with Crippen LogP contribution < -0.4 is 4.72 Å². The van der Waals surface area contributed by atoms with Crippen LogP contribution in [-0.4, -0.2) is 34.4 Å². The number of sulfonamides is 1. The minimum absolute atomic E-state index is 0.0487. The van der Waals surface area contributed by atoms with Gasteiger partial charge in [0.1, 0.15) is 0 Å². The van der Waals surface area contributed by atoms with Crippen LogP contribution in [0, 0.1) is 13.8 Å². The van der Waals surface area contributed by atoms with Crippen LogP contribution >= 0.6 is 0 Å². The van der Waals surface area contributed by atoms with Crippen molar-refractivity contribution in [3.05, 3.63) is 29.3 Å². The normalized spacial score (nSPS) is 22.5. The predicted molar refractivity (Wildman–Crippen MR) is 73.3 cm³/mol. The molecule has 0 aliphatic carbocycles. The molecule has 5 nitrogen and oxygen atoms in total. The summed E-state index contributed by atoms with van der Waals surface area (Å²) in [6.45, 7) is 3.75. The van der Waals surface area contributed by atoms with E-state index in [2.05, 4.69) is 4.72 Å². The molecule has 1 aromatic rings. The molecule has 1 aliphatic heterocycles. The summed E-state index contributed by atoms with van der Waals surface area (Å²) in [5, 5.41) is 0. The lowest BCUT2D eigenvalue weighted by Gasteiger charge is -2.12. The minimum atomic E-state index is -3.65. The molecule has 1 fully saturated rings. The van der Waals surface area contributed by atoms with Crippen LogP contribution in [0.5, 0.6) is 0 Å². The maximum atomic E-state index is 12.2. The van der Waals surface area contributed by atoms with Crippen molar-refractivity contribution in [1.29, 1.82) is 0 Å². The van der Waals surface area contributed by atoms with E-state index in [1.54, 1.807) is 12.1 Å². The molecule has 0 saturated carbocycles. The second kappa shape index (κ2) is 4.88. The number of sulfone groups is 1. The lowest BCUT2D eigenvalue weighted by atomic mass is 10.1. The molecule has 2 rings (SSSR count). The van der Waals surface area contributed by atoms with Gasteiger partial charge in [-0.2, -0.15) is 0 Å². The van der Waals surface area contributed by atoms with E-state index in [1.165, 1.54) is 6.07 Å². The average Bonchev–Trinajstić information content (AvgIpc) is 2.61. The highest BCUT2D eigenvalue weighted by atomic mass is 32.2. The van der Waals surface area contributed by atoms with Gasteiger partial charge >= 0.3 is 0 Å². The third kappa shape index (κ3) is 3.34. The molecule has 1 aliphatic rings. The van der Waals surface area contributed by atoms with Gasteiger partial charge in [-0.3, -0.25) is 0 Å². The summed E-state index contributed by atoms with van der Waals surface area (Å²) in [6.07, 6.45) is 0.340. The number of hydrogen-bond acceptors (Lipinski definition) is 4. The Morgan fingerprint density at radius 3 is 2.42 bits per heavy atom. The Labute approximate surface area is 114 Å². The van der Waals surface area contributed by atoms with E-state index in [4.69, 9.17) is 0 Å². The van der Waals surface area contributed by atoms with E-state index >= 15 is 0 Å². The van der Waals surface area contributed by atoms with Gasteiger partial charge in [0.2, 0.25) is 10.0 Å². The fourth-order valence-corrected chi connectivity index (χ4v) is 5.19. The summed E-state index contributed by atoms with van der Waals surface area (Å²) in [6, 6.07) is 4.36. The fourth-order valence-electron chi connectivity index (χ4n) is 2.06. The Hall–Kier alpha value is -0.920. The number of rotatable bonds is 3. The Morgan fingerprint density at radius 1 is 1.21 bits per heavy atom. The molecule has 7 heteroatoms. The molecule has 19 heavy (non-hydrogen) atoms. The molecule has 0 aromatic heterocycles. The van der Waals surface area contributed by atoms with Crippen LogP contribution in [0.1, 0.15) is 17.5 Å². The van der Waals surface area contributed by atoms with E-state index in [0.717, 1.165) is 11.1 Å². The molecule has 1 atom stereocenters. The largest absolute Gasteiger partial charge is 0.240 e. The maximum Gasteiger partial charge on any atom is 0.240 e. The molecular formula is C12H17NO4S2. The monoisotopic (exact) mass is 303 g/mol. The summed E-state index contributed by atoms with van der Waals surface area (Å²) < 4.78 is 49.4. The van der Waals surface area contributed by atoms with Crippen LogP contribution in [0.4, 0.5) is 0 Å². The fraction of sp³-hybridized carbons (Fsp3) is 0.500. The van der Waals surface area contributed by atoms with Gasteiger partial charge in [0, 0.05) is 6.04 Å². The molecule has 0 amide bonds. The minimum Gasteiger partial charge on any atom is -0.229 e. The molecule has 0 spiro atoms. The zero-order valence-electron chi connectivity index (χ0n) is 10.9. The standard InChI is InChI=1S/C12H17NO4S2/c1-9-3-4-12(7-10(9)2)19(16,17)13-11-5-6-18(14,15)8-11/h3-4,7,11,13H,5-6,8H2,1-2H3/t11-/m0/s1. The van der Waals surface area contributed by atoms with Crippen molar-refractivity contribution in [2.45, 2.75) is 31.2 Å². The second-order valence-corrected chi connectivity index (χ2v) is 8.91. The SMILES string of the molecule is Cc1ccc(S(=O)(=O)N[C@H]2CCS(=O)(=O)C2)cc1C. The summed E-state index contributed by atoms with van der Waals surface area (Å²) in [5.41, 5.74) is 1.91. The third-order valence-corrected chi connectivity index (χ3v) is 6.63. The van der Waals surface area contributed by atoms with Crippen molar-refractivity contribution < 1.29 is 16.8 Å². The van der Waals surface area contributed by atoms with E-state index in [9.17, 15) is 16.8 Å². The van der Waals surface area contributed by atoms with E-state index in [0.29, 0.717) is 6.42 Å². The second-order valence-electron chi connectivity index (χ2n) is 4.97. The first kappa shape index (κ1) is 14.5. The molecule has 1 saturated heterocycles. The van der Waals surface area contributed by atoms with Crippen LogP contribution in [0.2, 0.25) is 0 Å². The molecular weight excluding hydrogens is 286 g/mol. The Bertz CT molecular complexity index is 692. The highest BCUT2D eigenvalue weighted by Crippen LogP contribution is 2.18. The first-order valence-electron chi connectivity index (χ1n) is 6.00. The van der Waals surface area contributed by atoms with E-state index in [1.807, 2.05) is 13.8 Å². The van der Waals surface area contributed by atoms with E-state index < -0.39 is 25.9 Å². The first-order valence-corrected chi connectivity index (χ1v) is 9.30. The van der Waals surface area contributed by atoms with Crippen LogP contribution in [-0.2, 0) is 19.9 Å². The third-order valence-electron chi connectivity index (χ3n) is 3.34. The van der Waals surface area contributed by atoms with Crippen molar-refractivity contribution in [2.24, 2.45) is 0 Å². The van der Waals surface area contributed by atoms with Crippen molar-refractivity contribution >= 4 is 19.9 Å².